The van der Waals surface area contributed by atoms with Gasteiger partial charge in [-0.2, -0.15) is 18.3 Å². The highest BCUT2D eigenvalue weighted by atomic mass is 35.5. The van der Waals surface area contributed by atoms with E-state index in [0.29, 0.717) is 36.8 Å². The number of amides is 1. The molecule has 0 aliphatic carbocycles. The molecule has 33 heavy (non-hydrogen) atoms. The topological polar surface area (TPSA) is 54.3 Å². The first-order valence-electron chi connectivity index (χ1n) is 10.2. The van der Waals surface area contributed by atoms with E-state index in [1.807, 2.05) is 26.0 Å². The van der Waals surface area contributed by atoms with Gasteiger partial charge >= 0.3 is 6.18 Å². The van der Waals surface area contributed by atoms with Gasteiger partial charge < -0.3 is 9.80 Å². The Hall–Kier alpha value is -2.78. The summed E-state index contributed by atoms with van der Waals surface area (Å²) in [6.07, 6.45) is -3.73. The molecule has 1 aliphatic heterocycles. The fourth-order valence-electron chi connectivity index (χ4n) is 3.74. The molecule has 1 aromatic carbocycles. The zero-order chi connectivity index (χ0) is 23.9. The predicted molar refractivity (Wildman–Crippen MR) is 120 cm³/mol. The number of pyridine rings is 1. The summed E-state index contributed by atoms with van der Waals surface area (Å²) < 4.78 is 40.2. The second kappa shape index (κ2) is 8.87. The van der Waals surface area contributed by atoms with Crippen molar-refractivity contribution < 1.29 is 18.0 Å². The molecule has 0 N–H and O–H groups in total. The number of rotatable bonds is 3. The van der Waals surface area contributed by atoms with Crippen LogP contribution in [0.15, 0.2) is 36.5 Å². The SMILES string of the molecule is Cc1nn(-c2ccc(C(=O)N3CCN(c4ncc(C(F)(F)F)cc4Cl)CC3)cc2)c(C)c1Cl. The van der Waals surface area contributed by atoms with E-state index in [1.54, 1.807) is 26.6 Å². The van der Waals surface area contributed by atoms with Gasteiger partial charge in [-0.1, -0.05) is 23.2 Å². The largest absolute Gasteiger partial charge is 0.417 e. The summed E-state index contributed by atoms with van der Waals surface area (Å²) in [5.74, 6) is 0.156. The summed E-state index contributed by atoms with van der Waals surface area (Å²) in [6, 6.07) is 7.97. The Morgan fingerprint density at radius 2 is 1.67 bits per heavy atom. The molecular weight excluding hydrogens is 478 g/mol. The Morgan fingerprint density at radius 1 is 1.03 bits per heavy atom. The minimum Gasteiger partial charge on any atom is -0.352 e. The fraction of sp³-hybridized carbons (Fsp3) is 0.318. The van der Waals surface area contributed by atoms with Gasteiger partial charge in [0.2, 0.25) is 0 Å². The van der Waals surface area contributed by atoms with Gasteiger partial charge in [-0.3, -0.25) is 4.79 Å². The Labute approximate surface area is 198 Å². The number of hydrogen-bond donors (Lipinski definition) is 0. The highest BCUT2D eigenvalue weighted by molar-refractivity contribution is 6.33. The number of hydrogen-bond acceptors (Lipinski definition) is 4. The lowest BCUT2D eigenvalue weighted by Gasteiger charge is -2.35. The van der Waals surface area contributed by atoms with Crippen molar-refractivity contribution >= 4 is 34.9 Å². The average molecular weight is 498 g/mol. The number of carbonyl (C=O) groups excluding carboxylic acids is 1. The second-order valence-corrected chi connectivity index (χ2v) is 8.54. The highest BCUT2D eigenvalue weighted by Gasteiger charge is 2.32. The van der Waals surface area contributed by atoms with E-state index in [4.69, 9.17) is 23.2 Å². The number of aromatic nitrogens is 3. The number of anilines is 1. The monoisotopic (exact) mass is 497 g/mol. The molecule has 0 radical (unpaired) electrons. The lowest BCUT2D eigenvalue weighted by Crippen LogP contribution is -2.49. The first kappa shape index (κ1) is 23.4. The van der Waals surface area contributed by atoms with E-state index in [1.165, 1.54) is 0 Å². The zero-order valence-corrected chi connectivity index (χ0v) is 19.3. The molecule has 0 saturated carbocycles. The Morgan fingerprint density at radius 3 is 2.18 bits per heavy atom. The molecule has 11 heteroatoms. The van der Waals surface area contributed by atoms with Crippen LogP contribution in [0.1, 0.15) is 27.3 Å². The predicted octanol–water partition coefficient (Wildman–Crippen LogP) is 5.17. The van der Waals surface area contributed by atoms with Crippen LogP contribution in [0.25, 0.3) is 5.69 Å². The van der Waals surface area contributed by atoms with Crippen LogP contribution in [0.4, 0.5) is 19.0 Å². The van der Waals surface area contributed by atoms with Gasteiger partial charge in [0.15, 0.2) is 0 Å². The first-order valence-corrected chi connectivity index (χ1v) is 10.9. The first-order chi connectivity index (χ1) is 15.6. The number of halogens is 5. The van der Waals surface area contributed by atoms with Crippen LogP contribution in [0.3, 0.4) is 0 Å². The number of nitrogens with zero attached hydrogens (tertiary/aromatic N) is 5. The third-order valence-electron chi connectivity index (χ3n) is 5.58. The van der Waals surface area contributed by atoms with Crippen molar-refractivity contribution in [1.29, 1.82) is 0 Å². The van der Waals surface area contributed by atoms with Crippen LogP contribution < -0.4 is 4.90 Å². The van der Waals surface area contributed by atoms with Crippen molar-refractivity contribution in [2.45, 2.75) is 20.0 Å². The smallest absolute Gasteiger partial charge is 0.352 e. The van der Waals surface area contributed by atoms with Gasteiger partial charge in [0.1, 0.15) is 5.82 Å². The second-order valence-electron chi connectivity index (χ2n) is 7.75. The molecule has 3 aromatic rings. The molecular formula is C22H20Cl2F3N5O. The van der Waals surface area contributed by atoms with Crippen LogP contribution in [0.5, 0.6) is 0 Å². The van der Waals surface area contributed by atoms with Crippen LogP contribution >= 0.6 is 23.2 Å². The Balaban J connectivity index is 1.42. The molecule has 1 amide bonds. The maximum Gasteiger partial charge on any atom is 0.417 e. The minimum atomic E-state index is -4.50. The van der Waals surface area contributed by atoms with Crippen molar-refractivity contribution in [3.63, 3.8) is 0 Å². The van der Waals surface area contributed by atoms with E-state index >= 15 is 0 Å². The molecule has 1 fully saturated rings. The van der Waals surface area contributed by atoms with Crippen molar-refractivity contribution in [2.24, 2.45) is 0 Å². The maximum atomic E-state index is 12.9. The molecule has 3 heterocycles. The number of aryl methyl sites for hydroxylation is 1. The number of alkyl halides is 3. The molecule has 1 saturated heterocycles. The fourth-order valence-corrected chi connectivity index (χ4v) is 4.15. The highest BCUT2D eigenvalue weighted by Crippen LogP contribution is 2.33. The summed E-state index contributed by atoms with van der Waals surface area (Å²) in [5, 5.41) is 4.95. The van der Waals surface area contributed by atoms with Gasteiger partial charge in [-0.25, -0.2) is 9.67 Å². The molecule has 174 valence electrons. The van der Waals surface area contributed by atoms with Gasteiger partial charge in [-0.15, -0.1) is 0 Å². The van der Waals surface area contributed by atoms with Gasteiger partial charge in [-0.05, 0) is 44.2 Å². The molecule has 0 unspecified atom stereocenters. The van der Waals surface area contributed by atoms with Crippen molar-refractivity contribution in [1.82, 2.24) is 19.7 Å². The minimum absolute atomic E-state index is 0.0653. The summed E-state index contributed by atoms with van der Waals surface area (Å²) in [4.78, 5) is 20.3. The maximum absolute atomic E-state index is 12.9. The molecule has 0 bridgehead atoms. The molecule has 0 spiro atoms. The molecule has 2 aromatic heterocycles. The van der Waals surface area contributed by atoms with E-state index in [2.05, 4.69) is 10.1 Å². The molecule has 1 aliphatic rings. The number of carbonyl (C=O) groups is 1. The van der Waals surface area contributed by atoms with Crippen molar-refractivity contribution in [3.8, 4) is 5.69 Å². The Kier molecular flexibility index (Phi) is 6.28. The van der Waals surface area contributed by atoms with Crippen molar-refractivity contribution in [2.75, 3.05) is 31.1 Å². The lowest BCUT2D eigenvalue weighted by atomic mass is 10.1. The molecule has 4 rings (SSSR count). The lowest BCUT2D eigenvalue weighted by molar-refractivity contribution is -0.137. The standard InChI is InChI=1S/C22H20Cl2F3N5O/c1-13-19(24)14(2)32(29-13)17-5-3-15(4-6-17)21(33)31-9-7-30(8-10-31)20-18(23)11-16(12-28-20)22(25,26)27/h3-6,11-12H,7-10H2,1-2H3. The van der Waals surface area contributed by atoms with E-state index in [0.717, 1.165) is 29.3 Å². The molecule has 0 atom stereocenters. The summed E-state index contributed by atoms with van der Waals surface area (Å²) in [5.41, 5.74) is 1.99. The summed E-state index contributed by atoms with van der Waals surface area (Å²) in [6.45, 7) is 5.31. The van der Waals surface area contributed by atoms with Crippen molar-refractivity contribution in [3.05, 3.63) is 69.1 Å². The summed E-state index contributed by atoms with van der Waals surface area (Å²) in [7, 11) is 0. The zero-order valence-electron chi connectivity index (χ0n) is 17.8. The van der Waals surface area contributed by atoms with E-state index < -0.39 is 11.7 Å². The van der Waals surface area contributed by atoms with Crippen LogP contribution in [-0.4, -0.2) is 51.8 Å². The Bertz CT molecular complexity index is 1190. The van der Waals surface area contributed by atoms with Gasteiger partial charge in [0.05, 0.1) is 32.7 Å². The third-order valence-corrected chi connectivity index (χ3v) is 6.40. The average Bonchev–Trinajstić information content (AvgIpc) is 3.05. The number of benzene rings is 1. The van der Waals surface area contributed by atoms with Crippen LogP contribution in [-0.2, 0) is 6.18 Å². The van der Waals surface area contributed by atoms with Gasteiger partial charge in [0, 0.05) is 37.9 Å². The van der Waals surface area contributed by atoms with Crippen LogP contribution in [0.2, 0.25) is 10.0 Å². The molecule has 6 nitrogen and oxygen atoms in total. The van der Waals surface area contributed by atoms with Gasteiger partial charge in [0.25, 0.3) is 5.91 Å². The number of piperazine rings is 1. The van der Waals surface area contributed by atoms with E-state index in [-0.39, 0.29) is 16.7 Å². The van der Waals surface area contributed by atoms with E-state index in [9.17, 15) is 18.0 Å². The normalized spacial score (nSPS) is 14.6. The van der Waals surface area contributed by atoms with Crippen LogP contribution in [0, 0.1) is 13.8 Å². The summed E-state index contributed by atoms with van der Waals surface area (Å²) >= 11 is 12.3. The quantitative estimate of drug-likeness (QED) is 0.500. The third kappa shape index (κ3) is 4.65.